The van der Waals surface area contributed by atoms with Gasteiger partial charge in [0.15, 0.2) is 0 Å². The first-order valence-corrected chi connectivity index (χ1v) is 10.9. The molecule has 1 fully saturated rings. The minimum atomic E-state index is -0.666. The molecular weight excluding hydrogens is 374 g/mol. The van der Waals surface area contributed by atoms with Gasteiger partial charge in [-0.15, -0.1) is 0 Å². The van der Waals surface area contributed by atoms with Crippen molar-refractivity contribution in [3.63, 3.8) is 0 Å². The summed E-state index contributed by atoms with van der Waals surface area (Å²) in [6.07, 6.45) is 4.88. The van der Waals surface area contributed by atoms with E-state index in [0.29, 0.717) is 19.8 Å². The molecule has 30 heavy (non-hydrogen) atoms. The summed E-state index contributed by atoms with van der Waals surface area (Å²) in [7, 11) is 0. The van der Waals surface area contributed by atoms with E-state index in [2.05, 4.69) is 73.4 Å². The Labute approximate surface area is 180 Å². The van der Waals surface area contributed by atoms with Crippen molar-refractivity contribution in [3.05, 3.63) is 76.9 Å². The fourth-order valence-corrected chi connectivity index (χ4v) is 4.19. The Bertz CT molecular complexity index is 827. The molecule has 3 rings (SSSR count). The van der Waals surface area contributed by atoms with E-state index in [1.54, 1.807) is 0 Å². The maximum atomic E-state index is 11.2. The van der Waals surface area contributed by atoms with Gasteiger partial charge in [0.2, 0.25) is 0 Å². The molecule has 0 amide bonds. The van der Waals surface area contributed by atoms with Crippen LogP contribution in [0.3, 0.4) is 0 Å². The van der Waals surface area contributed by atoms with Crippen LogP contribution in [0.25, 0.3) is 5.57 Å². The fraction of sp³-hybridized carbons (Fsp3) is 0.423. The molecule has 0 aromatic heterocycles. The molecular formula is C26H33NO3. The van der Waals surface area contributed by atoms with E-state index < -0.39 is 5.97 Å². The summed E-state index contributed by atoms with van der Waals surface area (Å²) in [6.45, 7) is 8.09. The lowest BCUT2D eigenvalue weighted by molar-refractivity contribution is -0.143. The summed E-state index contributed by atoms with van der Waals surface area (Å²) in [5.74, 6) is -0.880. The fourth-order valence-electron chi connectivity index (χ4n) is 4.19. The maximum absolute atomic E-state index is 11.2. The van der Waals surface area contributed by atoms with Gasteiger partial charge in [0.25, 0.3) is 0 Å². The van der Waals surface area contributed by atoms with Crippen molar-refractivity contribution in [1.82, 2.24) is 4.90 Å². The number of piperidine rings is 1. The summed E-state index contributed by atoms with van der Waals surface area (Å²) in [4.78, 5) is 13.5. The highest BCUT2D eigenvalue weighted by atomic mass is 16.5. The van der Waals surface area contributed by atoms with Crippen LogP contribution in [-0.4, -0.2) is 48.8 Å². The average molecular weight is 408 g/mol. The van der Waals surface area contributed by atoms with Crippen LogP contribution in [0.1, 0.15) is 41.5 Å². The topological polar surface area (TPSA) is 49.8 Å². The Morgan fingerprint density at radius 3 is 2.33 bits per heavy atom. The number of carbonyl (C=O) groups is 1. The molecule has 2 aromatic rings. The van der Waals surface area contributed by atoms with Crippen LogP contribution >= 0.6 is 0 Å². The number of carboxylic acid groups (broad SMARTS) is 1. The monoisotopic (exact) mass is 407 g/mol. The summed E-state index contributed by atoms with van der Waals surface area (Å²) in [5.41, 5.74) is 6.20. The molecule has 0 bridgehead atoms. The molecule has 2 aromatic carbocycles. The first kappa shape index (κ1) is 22.3. The van der Waals surface area contributed by atoms with Crippen LogP contribution < -0.4 is 0 Å². The first-order valence-electron chi connectivity index (χ1n) is 10.9. The van der Waals surface area contributed by atoms with E-state index in [4.69, 9.17) is 4.74 Å². The highest BCUT2D eigenvalue weighted by Gasteiger charge is 2.24. The minimum absolute atomic E-state index is 0.214. The summed E-state index contributed by atoms with van der Waals surface area (Å²) < 4.78 is 5.93. The van der Waals surface area contributed by atoms with Gasteiger partial charge in [0.05, 0.1) is 12.5 Å². The molecule has 160 valence electrons. The molecule has 1 saturated heterocycles. The van der Waals surface area contributed by atoms with Crippen molar-refractivity contribution >= 4 is 11.5 Å². The lowest BCUT2D eigenvalue weighted by atomic mass is 9.91. The number of aryl methyl sites for hydroxylation is 2. The van der Waals surface area contributed by atoms with Gasteiger partial charge < -0.3 is 14.7 Å². The van der Waals surface area contributed by atoms with Gasteiger partial charge >= 0.3 is 5.97 Å². The zero-order valence-electron chi connectivity index (χ0n) is 18.1. The smallest absolute Gasteiger partial charge is 0.307 e. The maximum Gasteiger partial charge on any atom is 0.307 e. The zero-order chi connectivity index (χ0) is 21.3. The Morgan fingerprint density at radius 1 is 1.10 bits per heavy atom. The molecule has 1 atom stereocenters. The van der Waals surface area contributed by atoms with E-state index in [1.807, 2.05) is 0 Å². The average Bonchev–Trinajstić information content (AvgIpc) is 2.75. The number of carboxylic acids is 1. The van der Waals surface area contributed by atoms with Gasteiger partial charge in [-0.3, -0.25) is 4.79 Å². The minimum Gasteiger partial charge on any atom is -0.481 e. The molecule has 0 radical (unpaired) electrons. The van der Waals surface area contributed by atoms with Crippen LogP contribution in [0.5, 0.6) is 0 Å². The first-order chi connectivity index (χ1) is 14.6. The lowest BCUT2D eigenvalue weighted by Crippen LogP contribution is -2.39. The van der Waals surface area contributed by atoms with Crippen molar-refractivity contribution in [2.24, 2.45) is 5.92 Å². The van der Waals surface area contributed by atoms with Crippen LogP contribution in [0.4, 0.5) is 0 Å². The van der Waals surface area contributed by atoms with Crippen LogP contribution in [-0.2, 0) is 9.53 Å². The molecule has 1 aliphatic rings. The van der Waals surface area contributed by atoms with Gasteiger partial charge in [0, 0.05) is 19.7 Å². The number of likely N-dealkylation sites (tertiary alicyclic amines) is 1. The van der Waals surface area contributed by atoms with Crippen molar-refractivity contribution in [3.8, 4) is 0 Å². The molecule has 1 aliphatic heterocycles. The van der Waals surface area contributed by atoms with E-state index in [0.717, 1.165) is 32.4 Å². The van der Waals surface area contributed by atoms with E-state index in [9.17, 15) is 9.90 Å². The van der Waals surface area contributed by atoms with E-state index in [1.165, 1.54) is 27.8 Å². The van der Waals surface area contributed by atoms with Crippen LogP contribution in [0, 0.1) is 19.8 Å². The SMILES string of the molecule is Cc1ccccc1C(=CCOCCCN1CCC[C@@H](C(=O)O)C1)c1ccccc1C. The molecule has 0 spiro atoms. The lowest BCUT2D eigenvalue weighted by Gasteiger charge is -2.30. The van der Waals surface area contributed by atoms with E-state index >= 15 is 0 Å². The number of rotatable bonds is 9. The quantitative estimate of drug-likeness (QED) is 0.598. The summed E-state index contributed by atoms with van der Waals surface area (Å²) in [6, 6.07) is 16.9. The molecule has 1 N–H and O–H groups in total. The second kappa shape index (κ2) is 11.1. The Balaban J connectivity index is 1.56. The highest BCUT2D eigenvalue weighted by molar-refractivity contribution is 5.82. The highest BCUT2D eigenvalue weighted by Crippen LogP contribution is 2.28. The van der Waals surface area contributed by atoms with E-state index in [-0.39, 0.29) is 5.92 Å². The van der Waals surface area contributed by atoms with Gasteiger partial charge in [-0.2, -0.15) is 0 Å². The Morgan fingerprint density at radius 2 is 1.73 bits per heavy atom. The van der Waals surface area contributed by atoms with Crippen molar-refractivity contribution in [1.29, 1.82) is 0 Å². The van der Waals surface area contributed by atoms with Crippen LogP contribution in [0.2, 0.25) is 0 Å². The number of hydrogen-bond donors (Lipinski definition) is 1. The van der Waals surface area contributed by atoms with Crippen molar-refractivity contribution < 1.29 is 14.6 Å². The van der Waals surface area contributed by atoms with Gasteiger partial charge in [-0.05, 0) is 67.5 Å². The third-order valence-corrected chi connectivity index (χ3v) is 5.89. The molecule has 1 heterocycles. The van der Waals surface area contributed by atoms with Gasteiger partial charge in [-0.25, -0.2) is 0 Å². The summed E-state index contributed by atoms with van der Waals surface area (Å²) >= 11 is 0. The number of aliphatic carboxylic acids is 1. The second-order valence-electron chi connectivity index (χ2n) is 8.15. The third-order valence-electron chi connectivity index (χ3n) is 5.89. The molecule has 0 unspecified atom stereocenters. The van der Waals surface area contributed by atoms with Crippen LogP contribution in [0.15, 0.2) is 54.6 Å². The summed E-state index contributed by atoms with van der Waals surface area (Å²) in [5, 5.41) is 9.22. The predicted octanol–water partition coefficient (Wildman–Crippen LogP) is 4.94. The van der Waals surface area contributed by atoms with Gasteiger partial charge in [-0.1, -0.05) is 54.6 Å². The molecule has 4 heteroatoms. The predicted molar refractivity (Wildman–Crippen MR) is 122 cm³/mol. The number of ether oxygens (including phenoxy) is 1. The number of benzene rings is 2. The molecule has 4 nitrogen and oxygen atoms in total. The zero-order valence-corrected chi connectivity index (χ0v) is 18.1. The van der Waals surface area contributed by atoms with Gasteiger partial charge in [0.1, 0.15) is 0 Å². The second-order valence-corrected chi connectivity index (χ2v) is 8.15. The number of nitrogens with zero attached hydrogens (tertiary/aromatic N) is 1. The van der Waals surface area contributed by atoms with Crippen molar-refractivity contribution in [2.45, 2.75) is 33.1 Å². The Kier molecular flexibility index (Phi) is 8.23. The molecule has 0 saturated carbocycles. The van der Waals surface area contributed by atoms with Crippen molar-refractivity contribution in [2.75, 3.05) is 32.8 Å². The third kappa shape index (κ3) is 6.04. The standard InChI is InChI=1S/C26H33NO3/c1-20-9-3-5-12-23(20)25(24-13-6-4-10-21(24)2)14-18-30-17-8-16-27-15-7-11-22(19-27)26(28)29/h3-6,9-10,12-14,22H,7-8,11,15-19H2,1-2H3,(H,28,29)/t22-/m1/s1. The number of hydrogen-bond acceptors (Lipinski definition) is 3. The Hall–Kier alpha value is -2.43. The molecule has 0 aliphatic carbocycles. The largest absolute Gasteiger partial charge is 0.481 e. The normalized spacial score (nSPS) is 16.9.